The molecular formula is C29H20F3N5O. The number of nitrogens with one attached hydrogen (secondary N) is 1. The molecule has 6 nitrogen and oxygen atoms in total. The highest BCUT2D eigenvalue weighted by molar-refractivity contribution is 5.83. The third-order valence-electron chi connectivity index (χ3n) is 5.97. The molecule has 0 saturated heterocycles. The van der Waals surface area contributed by atoms with Crippen LogP contribution in [0, 0.1) is 11.3 Å². The molecule has 0 radical (unpaired) electrons. The molecule has 0 atom stereocenters. The molecule has 0 aliphatic carbocycles. The predicted octanol–water partition coefficient (Wildman–Crippen LogP) is 6.38. The molecule has 5 aromatic rings. The second kappa shape index (κ2) is 10.2. The van der Waals surface area contributed by atoms with Gasteiger partial charge >= 0.3 is 6.18 Å². The summed E-state index contributed by atoms with van der Waals surface area (Å²) in [5.74, 6) is 0.193. The van der Waals surface area contributed by atoms with Crippen molar-refractivity contribution in [1.82, 2.24) is 14.6 Å². The molecule has 0 aliphatic heterocycles. The second-order valence-corrected chi connectivity index (χ2v) is 8.73. The molecule has 0 aliphatic rings. The third kappa shape index (κ3) is 5.55. The summed E-state index contributed by atoms with van der Waals surface area (Å²) in [6.07, 6.45) is -2.55. The fraction of sp³-hybridized carbons (Fsp3) is 0.103. The Morgan fingerprint density at radius 3 is 2.39 bits per heavy atom. The molecule has 5 rings (SSSR count). The minimum Gasteiger partial charge on any atom is -0.322 e. The lowest BCUT2D eigenvalue weighted by Gasteiger charge is -2.09. The van der Waals surface area contributed by atoms with Crippen molar-refractivity contribution in [1.29, 1.82) is 5.26 Å². The molecule has 2 aromatic heterocycles. The van der Waals surface area contributed by atoms with Crippen LogP contribution in [0.25, 0.3) is 16.8 Å². The van der Waals surface area contributed by atoms with Crippen molar-refractivity contribution in [3.63, 3.8) is 0 Å². The van der Waals surface area contributed by atoms with Gasteiger partial charge in [0.15, 0.2) is 5.65 Å². The number of fused-ring (bicyclic) bond motifs is 1. The van der Waals surface area contributed by atoms with Gasteiger partial charge in [-0.05, 0) is 47.0 Å². The Balaban J connectivity index is 1.27. The number of rotatable bonds is 7. The lowest BCUT2D eigenvalue weighted by molar-refractivity contribution is -0.137. The molecule has 188 valence electrons. The number of Topliss-reactive ketones (excluding diaryl/α,β-unsaturated/α-hetero) is 1. The maximum Gasteiger partial charge on any atom is 0.416 e. The number of para-hydroxylation sites is 1. The summed E-state index contributed by atoms with van der Waals surface area (Å²) in [7, 11) is 0. The topological polar surface area (TPSA) is 83.1 Å². The molecule has 0 spiro atoms. The maximum atomic E-state index is 12.9. The number of nitrogens with zero attached hydrogens (tertiary/aromatic N) is 4. The van der Waals surface area contributed by atoms with Crippen molar-refractivity contribution >= 4 is 23.1 Å². The number of halogens is 3. The number of nitriles is 1. The van der Waals surface area contributed by atoms with E-state index in [0.717, 1.165) is 28.8 Å². The Bertz CT molecular complexity index is 1670. The molecular weight excluding hydrogens is 491 g/mol. The lowest BCUT2D eigenvalue weighted by atomic mass is 9.99. The Morgan fingerprint density at radius 2 is 1.63 bits per heavy atom. The number of alkyl halides is 3. The fourth-order valence-electron chi connectivity index (χ4n) is 4.11. The first-order valence-corrected chi connectivity index (χ1v) is 11.7. The van der Waals surface area contributed by atoms with Crippen molar-refractivity contribution in [2.24, 2.45) is 0 Å². The number of hydrogen-bond donors (Lipinski definition) is 1. The standard InChI is InChI=1S/C29H20F3N5O/c30-29(31,32)24-6-3-4-20(14-24)16-25(38)15-19-8-10-21(11-9-19)23-12-13-27-35-28(36-37(27)18-23)34-26-7-2-1-5-22(26)17-33/h1-14,18H,15-16H2,(H,34,36). The summed E-state index contributed by atoms with van der Waals surface area (Å²) in [5, 5.41) is 16.8. The average Bonchev–Trinajstić information content (AvgIpc) is 3.30. The van der Waals surface area contributed by atoms with Gasteiger partial charge in [-0.2, -0.15) is 23.4 Å². The first-order valence-electron chi connectivity index (χ1n) is 11.7. The van der Waals surface area contributed by atoms with Crippen LogP contribution in [0.3, 0.4) is 0 Å². The molecule has 38 heavy (non-hydrogen) atoms. The number of benzene rings is 3. The zero-order valence-electron chi connectivity index (χ0n) is 19.9. The normalized spacial score (nSPS) is 11.3. The van der Waals surface area contributed by atoms with E-state index in [4.69, 9.17) is 0 Å². The highest BCUT2D eigenvalue weighted by Gasteiger charge is 2.30. The van der Waals surface area contributed by atoms with Crippen LogP contribution in [0.15, 0.2) is 91.1 Å². The smallest absolute Gasteiger partial charge is 0.322 e. The minimum atomic E-state index is -4.44. The van der Waals surface area contributed by atoms with Crippen molar-refractivity contribution in [3.8, 4) is 17.2 Å². The van der Waals surface area contributed by atoms with Crippen LogP contribution in [-0.4, -0.2) is 20.4 Å². The van der Waals surface area contributed by atoms with Crippen LogP contribution in [0.5, 0.6) is 0 Å². The summed E-state index contributed by atoms with van der Waals surface area (Å²) in [6.45, 7) is 0. The van der Waals surface area contributed by atoms with E-state index in [9.17, 15) is 23.2 Å². The van der Waals surface area contributed by atoms with Crippen LogP contribution in [0.4, 0.5) is 24.8 Å². The SMILES string of the molecule is N#Cc1ccccc1Nc1nc2ccc(-c3ccc(CC(=O)Cc4cccc(C(F)(F)F)c4)cc3)cn2n1. The summed E-state index contributed by atoms with van der Waals surface area (Å²) in [5.41, 5.74) is 3.87. The maximum absolute atomic E-state index is 12.9. The van der Waals surface area contributed by atoms with Crippen molar-refractivity contribution in [2.75, 3.05) is 5.32 Å². The van der Waals surface area contributed by atoms with E-state index >= 15 is 0 Å². The quantitative estimate of drug-likeness (QED) is 0.274. The number of hydrogen-bond acceptors (Lipinski definition) is 5. The Hall–Kier alpha value is -4.97. The Kier molecular flexibility index (Phi) is 6.62. The largest absolute Gasteiger partial charge is 0.416 e. The number of carbonyl (C=O) groups is 1. The number of carbonyl (C=O) groups excluding carboxylic acids is 1. The highest BCUT2D eigenvalue weighted by Crippen LogP contribution is 2.30. The van der Waals surface area contributed by atoms with Gasteiger partial charge in [-0.25, -0.2) is 4.52 Å². The van der Waals surface area contributed by atoms with Gasteiger partial charge in [0, 0.05) is 24.6 Å². The van der Waals surface area contributed by atoms with E-state index in [1.54, 1.807) is 22.7 Å². The van der Waals surface area contributed by atoms with Gasteiger partial charge in [0.25, 0.3) is 0 Å². The van der Waals surface area contributed by atoms with Gasteiger partial charge < -0.3 is 5.32 Å². The molecule has 0 bridgehead atoms. The summed E-state index contributed by atoms with van der Waals surface area (Å²) in [6, 6.07) is 25.2. The number of anilines is 2. The third-order valence-corrected chi connectivity index (χ3v) is 5.97. The number of aromatic nitrogens is 3. The number of pyridine rings is 1. The summed E-state index contributed by atoms with van der Waals surface area (Å²) in [4.78, 5) is 16.9. The highest BCUT2D eigenvalue weighted by atomic mass is 19.4. The van der Waals surface area contributed by atoms with E-state index in [0.29, 0.717) is 28.4 Å². The summed E-state index contributed by atoms with van der Waals surface area (Å²) < 4.78 is 40.4. The number of ketones is 1. The van der Waals surface area contributed by atoms with E-state index < -0.39 is 11.7 Å². The van der Waals surface area contributed by atoms with Crippen molar-refractivity contribution in [3.05, 3.63) is 113 Å². The Labute approximate surface area is 216 Å². The average molecular weight is 512 g/mol. The first kappa shape index (κ1) is 24.7. The van der Waals surface area contributed by atoms with Crippen molar-refractivity contribution in [2.45, 2.75) is 19.0 Å². The molecule has 9 heteroatoms. The van der Waals surface area contributed by atoms with Crippen LogP contribution >= 0.6 is 0 Å². The first-order chi connectivity index (χ1) is 18.3. The Morgan fingerprint density at radius 1 is 0.895 bits per heavy atom. The lowest BCUT2D eigenvalue weighted by Crippen LogP contribution is -2.09. The van der Waals surface area contributed by atoms with Gasteiger partial charge in [0.05, 0.1) is 16.8 Å². The van der Waals surface area contributed by atoms with Gasteiger partial charge in [-0.1, -0.05) is 54.6 Å². The monoisotopic (exact) mass is 511 g/mol. The van der Waals surface area contributed by atoms with E-state index in [1.165, 1.54) is 12.1 Å². The zero-order valence-corrected chi connectivity index (χ0v) is 19.9. The van der Waals surface area contributed by atoms with Crippen LogP contribution < -0.4 is 5.32 Å². The van der Waals surface area contributed by atoms with Gasteiger partial charge in [0.2, 0.25) is 5.95 Å². The predicted molar refractivity (Wildman–Crippen MR) is 137 cm³/mol. The fourth-order valence-corrected chi connectivity index (χ4v) is 4.11. The van der Waals surface area contributed by atoms with E-state index in [1.807, 2.05) is 48.7 Å². The van der Waals surface area contributed by atoms with Crippen LogP contribution in [-0.2, 0) is 23.8 Å². The molecule has 1 N–H and O–H groups in total. The van der Waals surface area contributed by atoms with Crippen molar-refractivity contribution < 1.29 is 18.0 Å². The van der Waals surface area contributed by atoms with Crippen LogP contribution in [0.1, 0.15) is 22.3 Å². The minimum absolute atomic E-state index is 0.0656. The second-order valence-electron chi connectivity index (χ2n) is 8.73. The van der Waals surface area contributed by atoms with Gasteiger partial charge in [0.1, 0.15) is 11.9 Å². The van der Waals surface area contributed by atoms with Crippen LogP contribution in [0.2, 0.25) is 0 Å². The zero-order chi connectivity index (χ0) is 26.7. The molecule has 3 aromatic carbocycles. The molecule has 0 fully saturated rings. The molecule has 0 unspecified atom stereocenters. The van der Waals surface area contributed by atoms with E-state index in [2.05, 4.69) is 21.5 Å². The summed E-state index contributed by atoms with van der Waals surface area (Å²) >= 11 is 0. The van der Waals surface area contributed by atoms with Gasteiger partial charge in [-0.15, -0.1) is 5.10 Å². The molecule has 2 heterocycles. The molecule has 0 saturated carbocycles. The van der Waals surface area contributed by atoms with E-state index in [-0.39, 0.29) is 18.6 Å². The molecule has 0 amide bonds. The van der Waals surface area contributed by atoms with Gasteiger partial charge in [-0.3, -0.25) is 4.79 Å².